The molecule has 2 aliphatic heterocycles. The van der Waals surface area contributed by atoms with Crippen LogP contribution in [0, 0.1) is 0 Å². The van der Waals surface area contributed by atoms with E-state index in [-0.39, 0.29) is 6.04 Å². The summed E-state index contributed by atoms with van der Waals surface area (Å²) < 4.78 is 0. The number of rotatable bonds is 1. The van der Waals surface area contributed by atoms with Gasteiger partial charge in [0, 0.05) is 6.54 Å². The van der Waals surface area contributed by atoms with Gasteiger partial charge in [0.15, 0.2) is 0 Å². The van der Waals surface area contributed by atoms with E-state index in [1.165, 1.54) is 0 Å². The van der Waals surface area contributed by atoms with Gasteiger partial charge in [-0.15, -0.1) is 0 Å². The first kappa shape index (κ1) is 8.01. The fourth-order valence-corrected chi connectivity index (χ4v) is 1.85. The molecule has 0 amide bonds. The van der Waals surface area contributed by atoms with E-state index in [1.807, 2.05) is 14.0 Å². The molecule has 0 aromatic carbocycles. The lowest BCUT2D eigenvalue weighted by Crippen LogP contribution is -2.59. The average Bonchev–Trinajstić information content (AvgIpc) is 2.28. The van der Waals surface area contributed by atoms with Crippen molar-refractivity contribution in [2.75, 3.05) is 13.6 Å². The monoisotopic (exact) mass is 170 g/mol. The van der Waals surface area contributed by atoms with Crippen LogP contribution in [-0.2, 0) is 4.84 Å². The van der Waals surface area contributed by atoms with Gasteiger partial charge in [0.2, 0.25) is 0 Å². The zero-order valence-electron chi connectivity index (χ0n) is 7.45. The lowest BCUT2D eigenvalue weighted by molar-refractivity contribution is -0.241. The Morgan fingerprint density at radius 1 is 1.75 bits per heavy atom. The third kappa shape index (κ3) is 1.03. The van der Waals surface area contributed by atoms with Crippen LogP contribution >= 0.6 is 0 Å². The van der Waals surface area contributed by atoms with Crippen LogP contribution in [0.2, 0.25) is 0 Å². The molecule has 0 spiro atoms. The Hall–Kier alpha value is -0.610. The molecule has 4 heteroatoms. The van der Waals surface area contributed by atoms with E-state index >= 15 is 0 Å². The van der Waals surface area contributed by atoms with Crippen molar-refractivity contribution < 1.29 is 9.94 Å². The van der Waals surface area contributed by atoms with Crippen LogP contribution in [0.3, 0.4) is 0 Å². The van der Waals surface area contributed by atoms with Gasteiger partial charge in [-0.2, -0.15) is 0 Å². The molecule has 68 valence electrons. The molecule has 1 fully saturated rings. The second-order valence-corrected chi connectivity index (χ2v) is 3.72. The van der Waals surface area contributed by atoms with Gasteiger partial charge in [-0.1, -0.05) is 5.16 Å². The third-order valence-corrected chi connectivity index (χ3v) is 2.68. The van der Waals surface area contributed by atoms with Crippen LogP contribution < -0.4 is 0 Å². The number of likely N-dealkylation sites (tertiary alicyclic amines) is 1. The Bertz CT molecular complexity index is 229. The molecule has 4 nitrogen and oxygen atoms in total. The minimum Gasteiger partial charge on any atom is -0.358 e. The number of hydrogen-bond donors (Lipinski definition) is 1. The largest absolute Gasteiger partial charge is 0.358 e. The first-order valence-corrected chi connectivity index (χ1v) is 4.26. The zero-order valence-corrected chi connectivity index (χ0v) is 7.45. The van der Waals surface area contributed by atoms with Crippen LogP contribution in [-0.4, -0.2) is 41.1 Å². The molecular formula is C8H14N2O2. The zero-order chi connectivity index (χ0) is 8.77. The van der Waals surface area contributed by atoms with E-state index < -0.39 is 5.79 Å². The van der Waals surface area contributed by atoms with Crippen LogP contribution in [0.5, 0.6) is 0 Å². The van der Waals surface area contributed by atoms with E-state index in [2.05, 4.69) is 10.1 Å². The van der Waals surface area contributed by atoms with Gasteiger partial charge in [0.1, 0.15) is 0 Å². The Kier molecular flexibility index (Phi) is 1.63. The molecular weight excluding hydrogens is 156 g/mol. The number of oxime groups is 1. The Morgan fingerprint density at radius 2 is 2.50 bits per heavy atom. The quantitative estimate of drug-likeness (QED) is 0.610. The molecule has 2 rings (SSSR count). The number of likely N-dealkylation sites (N-methyl/N-ethyl adjacent to an activating group) is 1. The summed E-state index contributed by atoms with van der Waals surface area (Å²) in [7, 11) is 1.99. The number of nitrogens with zero attached hydrogens (tertiary/aromatic N) is 2. The minimum absolute atomic E-state index is 0.124. The van der Waals surface area contributed by atoms with Gasteiger partial charge in [-0.25, -0.2) is 0 Å². The summed E-state index contributed by atoms with van der Waals surface area (Å²) in [4.78, 5) is 7.12. The van der Waals surface area contributed by atoms with E-state index in [0.29, 0.717) is 6.42 Å². The molecule has 0 bridgehead atoms. The number of hydrogen-bond acceptors (Lipinski definition) is 4. The van der Waals surface area contributed by atoms with Gasteiger partial charge >= 0.3 is 0 Å². The normalized spacial score (nSPS) is 41.9. The Morgan fingerprint density at radius 3 is 2.83 bits per heavy atom. The van der Waals surface area contributed by atoms with Crippen molar-refractivity contribution in [2.45, 2.75) is 31.6 Å². The predicted octanol–water partition coefficient (Wildman–Crippen LogP) is 0.175. The van der Waals surface area contributed by atoms with Gasteiger partial charge in [-0.3, -0.25) is 4.90 Å². The standard InChI is InChI=1S/C8H14N2O2/c1-6-5-8(11,12-9-6)7-3-4-10(7)2/h7,11H,3-5H2,1-2H3. The van der Waals surface area contributed by atoms with Crippen LogP contribution in [0.25, 0.3) is 0 Å². The van der Waals surface area contributed by atoms with Gasteiger partial charge in [0.05, 0.1) is 18.2 Å². The predicted molar refractivity (Wildman–Crippen MR) is 44.8 cm³/mol. The molecule has 2 aliphatic rings. The smallest absolute Gasteiger partial charge is 0.255 e. The molecule has 2 heterocycles. The maximum Gasteiger partial charge on any atom is 0.255 e. The molecule has 0 radical (unpaired) electrons. The summed E-state index contributed by atoms with van der Waals surface area (Å²) in [6.07, 6.45) is 1.54. The Labute approximate surface area is 71.8 Å². The van der Waals surface area contributed by atoms with Crippen molar-refractivity contribution in [2.24, 2.45) is 5.16 Å². The molecule has 0 aliphatic carbocycles. The van der Waals surface area contributed by atoms with Crippen molar-refractivity contribution in [1.82, 2.24) is 4.90 Å². The summed E-state index contributed by atoms with van der Waals surface area (Å²) in [5, 5.41) is 13.7. The van der Waals surface area contributed by atoms with E-state index in [9.17, 15) is 5.11 Å². The van der Waals surface area contributed by atoms with E-state index in [4.69, 9.17) is 4.84 Å². The van der Waals surface area contributed by atoms with Gasteiger partial charge < -0.3 is 9.94 Å². The third-order valence-electron chi connectivity index (χ3n) is 2.68. The van der Waals surface area contributed by atoms with Crippen LogP contribution in [0.1, 0.15) is 19.8 Å². The molecule has 12 heavy (non-hydrogen) atoms. The summed E-state index contributed by atoms with van der Waals surface area (Å²) in [6, 6.07) is 0.124. The lowest BCUT2D eigenvalue weighted by Gasteiger charge is -2.44. The average molecular weight is 170 g/mol. The van der Waals surface area contributed by atoms with E-state index in [0.717, 1.165) is 18.7 Å². The topological polar surface area (TPSA) is 45.1 Å². The molecule has 0 aromatic rings. The minimum atomic E-state index is -1.04. The number of aliphatic hydroxyl groups is 1. The molecule has 2 unspecified atom stereocenters. The summed E-state index contributed by atoms with van der Waals surface area (Å²) in [5.41, 5.74) is 0.873. The second-order valence-electron chi connectivity index (χ2n) is 3.72. The molecule has 0 aromatic heterocycles. The first-order chi connectivity index (χ1) is 5.62. The molecule has 1 N–H and O–H groups in total. The van der Waals surface area contributed by atoms with Crippen molar-refractivity contribution in [3.8, 4) is 0 Å². The van der Waals surface area contributed by atoms with Crippen LogP contribution in [0.15, 0.2) is 5.16 Å². The highest BCUT2D eigenvalue weighted by molar-refractivity contribution is 5.83. The first-order valence-electron chi connectivity index (χ1n) is 4.26. The summed E-state index contributed by atoms with van der Waals surface area (Å²) in [6.45, 7) is 2.91. The van der Waals surface area contributed by atoms with Crippen LogP contribution in [0.4, 0.5) is 0 Å². The summed E-state index contributed by atoms with van der Waals surface area (Å²) in [5.74, 6) is -1.04. The second kappa shape index (κ2) is 2.44. The summed E-state index contributed by atoms with van der Waals surface area (Å²) >= 11 is 0. The van der Waals surface area contributed by atoms with Gasteiger partial charge in [-0.05, 0) is 20.4 Å². The maximum atomic E-state index is 9.97. The van der Waals surface area contributed by atoms with Gasteiger partial charge in [0.25, 0.3) is 5.79 Å². The lowest BCUT2D eigenvalue weighted by atomic mass is 9.92. The fraction of sp³-hybridized carbons (Fsp3) is 0.875. The molecule has 0 saturated carbocycles. The highest BCUT2D eigenvalue weighted by Crippen LogP contribution is 2.33. The fourth-order valence-electron chi connectivity index (χ4n) is 1.85. The van der Waals surface area contributed by atoms with Crippen molar-refractivity contribution >= 4 is 5.71 Å². The van der Waals surface area contributed by atoms with Crippen molar-refractivity contribution in [3.63, 3.8) is 0 Å². The highest BCUT2D eigenvalue weighted by Gasteiger charge is 2.49. The van der Waals surface area contributed by atoms with E-state index in [1.54, 1.807) is 0 Å². The molecule has 1 saturated heterocycles. The van der Waals surface area contributed by atoms with Crippen molar-refractivity contribution in [3.05, 3.63) is 0 Å². The van der Waals surface area contributed by atoms with Crippen molar-refractivity contribution in [1.29, 1.82) is 0 Å². The molecule has 2 atom stereocenters. The Balaban J connectivity index is 2.04. The highest BCUT2D eigenvalue weighted by atomic mass is 16.7. The SMILES string of the molecule is CC1=NOC(O)(C2CCN2C)C1. The maximum absolute atomic E-state index is 9.97.